The second-order valence-corrected chi connectivity index (χ2v) is 5.14. The molecule has 0 aliphatic carbocycles. The molecule has 0 fully saturated rings. The van der Waals surface area contributed by atoms with E-state index < -0.39 is 0 Å². The predicted molar refractivity (Wildman–Crippen MR) is 80.5 cm³/mol. The van der Waals surface area contributed by atoms with Gasteiger partial charge < -0.3 is 14.6 Å². The SMILES string of the molecule is CCOC(=O)Cn1ccc2cccc(CNC(C)C)c21. The second-order valence-electron chi connectivity index (χ2n) is 5.14. The number of aromatic nitrogens is 1. The van der Waals surface area contributed by atoms with Crippen LogP contribution in [0.2, 0.25) is 0 Å². The third kappa shape index (κ3) is 3.39. The van der Waals surface area contributed by atoms with Crippen molar-refractivity contribution in [2.45, 2.75) is 39.9 Å². The largest absolute Gasteiger partial charge is 0.465 e. The van der Waals surface area contributed by atoms with E-state index in [1.807, 2.05) is 29.8 Å². The molecule has 4 nitrogen and oxygen atoms in total. The fourth-order valence-corrected chi connectivity index (χ4v) is 2.27. The van der Waals surface area contributed by atoms with Crippen LogP contribution in [0.15, 0.2) is 30.5 Å². The molecule has 4 heteroatoms. The van der Waals surface area contributed by atoms with Gasteiger partial charge in [0.2, 0.25) is 0 Å². The van der Waals surface area contributed by atoms with E-state index in [-0.39, 0.29) is 12.5 Å². The molecule has 0 saturated carbocycles. The van der Waals surface area contributed by atoms with E-state index in [1.54, 1.807) is 0 Å². The molecule has 2 aromatic rings. The number of hydrogen-bond acceptors (Lipinski definition) is 3. The number of hydrogen-bond donors (Lipinski definition) is 1. The van der Waals surface area contributed by atoms with Crippen molar-refractivity contribution < 1.29 is 9.53 Å². The van der Waals surface area contributed by atoms with Crippen LogP contribution in [0.5, 0.6) is 0 Å². The zero-order valence-electron chi connectivity index (χ0n) is 12.3. The van der Waals surface area contributed by atoms with Crippen LogP contribution in [0.3, 0.4) is 0 Å². The van der Waals surface area contributed by atoms with Crippen molar-refractivity contribution in [3.63, 3.8) is 0 Å². The van der Waals surface area contributed by atoms with Gasteiger partial charge in [-0.3, -0.25) is 4.79 Å². The first-order chi connectivity index (χ1) is 9.61. The van der Waals surface area contributed by atoms with Crippen molar-refractivity contribution in [1.29, 1.82) is 0 Å². The van der Waals surface area contributed by atoms with Crippen LogP contribution in [0.25, 0.3) is 10.9 Å². The molecule has 0 atom stereocenters. The summed E-state index contributed by atoms with van der Waals surface area (Å²) >= 11 is 0. The summed E-state index contributed by atoms with van der Waals surface area (Å²) < 4.78 is 6.99. The van der Waals surface area contributed by atoms with Gasteiger partial charge in [-0.2, -0.15) is 0 Å². The first kappa shape index (κ1) is 14.6. The van der Waals surface area contributed by atoms with Gasteiger partial charge in [-0.15, -0.1) is 0 Å². The molecule has 108 valence electrons. The normalized spacial score (nSPS) is 11.2. The number of benzene rings is 1. The molecule has 20 heavy (non-hydrogen) atoms. The van der Waals surface area contributed by atoms with Crippen molar-refractivity contribution in [2.75, 3.05) is 6.61 Å². The van der Waals surface area contributed by atoms with Crippen molar-refractivity contribution in [3.05, 3.63) is 36.0 Å². The summed E-state index contributed by atoms with van der Waals surface area (Å²) in [4.78, 5) is 11.7. The third-order valence-electron chi connectivity index (χ3n) is 3.18. The van der Waals surface area contributed by atoms with Crippen LogP contribution >= 0.6 is 0 Å². The van der Waals surface area contributed by atoms with Crippen molar-refractivity contribution in [3.8, 4) is 0 Å². The summed E-state index contributed by atoms with van der Waals surface area (Å²) in [7, 11) is 0. The number of ether oxygens (including phenoxy) is 1. The quantitative estimate of drug-likeness (QED) is 0.824. The van der Waals surface area contributed by atoms with E-state index in [0.29, 0.717) is 12.6 Å². The number of carbonyl (C=O) groups is 1. The van der Waals surface area contributed by atoms with Crippen molar-refractivity contribution >= 4 is 16.9 Å². The Kier molecular flexibility index (Phi) is 4.79. The minimum atomic E-state index is -0.198. The zero-order valence-corrected chi connectivity index (χ0v) is 12.3. The standard InChI is InChI=1S/C16H22N2O2/c1-4-20-15(19)11-18-9-8-13-6-5-7-14(16(13)18)10-17-12(2)3/h5-9,12,17H,4,10-11H2,1-3H3. The molecular weight excluding hydrogens is 252 g/mol. The number of nitrogens with zero attached hydrogens (tertiary/aromatic N) is 1. The summed E-state index contributed by atoms with van der Waals surface area (Å²) in [5.41, 5.74) is 2.30. The summed E-state index contributed by atoms with van der Waals surface area (Å²) in [5.74, 6) is -0.198. The zero-order chi connectivity index (χ0) is 14.5. The maximum absolute atomic E-state index is 11.7. The van der Waals surface area contributed by atoms with Gasteiger partial charge >= 0.3 is 5.97 Å². The van der Waals surface area contributed by atoms with Gasteiger partial charge in [0, 0.05) is 18.8 Å². The molecule has 1 aromatic carbocycles. The fourth-order valence-electron chi connectivity index (χ4n) is 2.27. The number of fused-ring (bicyclic) bond motifs is 1. The van der Waals surface area contributed by atoms with Crippen LogP contribution in [0.1, 0.15) is 26.3 Å². The molecule has 0 amide bonds. The Labute approximate surface area is 119 Å². The molecule has 0 spiro atoms. The molecule has 0 unspecified atom stereocenters. The van der Waals surface area contributed by atoms with Gasteiger partial charge in [-0.25, -0.2) is 0 Å². The topological polar surface area (TPSA) is 43.3 Å². The predicted octanol–water partition coefficient (Wildman–Crippen LogP) is 2.70. The second kappa shape index (κ2) is 6.57. The number of rotatable bonds is 6. The lowest BCUT2D eigenvalue weighted by molar-refractivity contribution is -0.143. The first-order valence-corrected chi connectivity index (χ1v) is 7.07. The molecule has 2 rings (SSSR count). The van der Waals surface area contributed by atoms with Crippen LogP contribution in [0.4, 0.5) is 0 Å². The minimum absolute atomic E-state index is 0.198. The summed E-state index contributed by atoms with van der Waals surface area (Å²) in [6, 6.07) is 8.68. The maximum atomic E-state index is 11.7. The molecule has 0 aliphatic heterocycles. The monoisotopic (exact) mass is 274 g/mol. The third-order valence-corrected chi connectivity index (χ3v) is 3.18. The van der Waals surface area contributed by atoms with Gasteiger partial charge in [0.1, 0.15) is 6.54 Å². The Morgan fingerprint density at radius 1 is 1.35 bits per heavy atom. The van der Waals surface area contributed by atoms with Crippen molar-refractivity contribution in [1.82, 2.24) is 9.88 Å². The Morgan fingerprint density at radius 3 is 2.85 bits per heavy atom. The Hall–Kier alpha value is -1.81. The molecule has 1 N–H and O–H groups in total. The van der Waals surface area contributed by atoms with Crippen LogP contribution in [-0.4, -0.2) is 23.2 Å². The average molecular weight is 274 g/mol. The highest BCUT2D eigenvalue weighted by Gasteiger charge is 2.10. The number of esters is 1. The van der Waals surface area contributed by atoms with E-state index in [4.69, 9.17) is 4.74 Å². The van der Waals surface area contributed by atoms with E-state index in [0.717, 1.165) is 17.4 Å². The Morgan fingerprint density at radius 2 is 2.15 bits per heavy atom. The Bertz CT molecular complexity index is 587. The molecule has 1 aromatic heterocycles. The molecule has 0 aliphatic rings. The molecular formula is C16H22N2O2. The van der Waals surface area contributed by atoms with Crippen LogP contribution in [0, 0.1) is 0 Å². The lowest BCUT2D eigenvalue weighted by Gasteiger charge is -2.12. The van der Waals surface area contributed by atoms with Gasteiger partial charge in [0.15, 0.2) is 0 Å². The minimum Gasteiger partial charge on any atom is -0.465 e. The number of para-hydroxylation sites is 1. The number of carbonyl (C=O) groups excluding carboxylic acids is 1. The van der Waals surface area contributed by atoms with Gasteiger partial charge in [-0.1, -0.05) is 32.0 Å². The molecule has 0 radical (unpaired) electrons. The van der Waals surface area contributed by atoms with Crippen LogP contribution in [-0.2, 0) is 22.6 Å². The average Bonchev–Trinajstić information content (AvgIpc) is 2.80. The molecule has 0 bridgehead atoms. The lowest BCUT2D eigenvalue weighted by atomic mass is 10.1. The smallest absolute Gasteiger partial charge is 0.325 e. The highest BCUT2D eigenvalue weighted by Crippen LogP contribution is 2.20. The van der Waals surface area contributed by atoms with Gasteiger partial charge in [0.05, 0.1) is 12.1 Å². The number of nitrogens with one attached hydrogen (secondary N) is 1. The van der Waals surface area contributed by atoms with E-state index >= 15 is 0 Å². The van der Waals surface area contributed by atoms with E-state index in [9.17, 15) is 4.79 Å². The van der Waals surface area contributed by atoms with Gasteiger partial charge in [-0.05, 0) is 23.9 Å². The highest BCUT2D eigenvalue weighted by atomic mass is 16.5. The lowest BCUT2D eigenvalue weighted by Crippen LogP contribution is -2.22. The highest BCUT2D eigenvalue weighted by molar-refractivity contribution is 5.85. The fraction of sp³-hybridized carbons (Fsp3) is 0.438. The van der Waals surface area contributed by atoms with Crippen LogP contribution < -0.4 is 5.32 Å². The van der Waals surface area contributed by atoms with Crippen molar-refractivity contribution in [2.24, 2.45) is 0 Å². The first-order valence-electron chi connectivity index (χ1n) is 7.07. The summed E-state index contributed by atoms with van der Waals surface area (Å²) in [6.07, 6.45) is 1.94. The summed E-state index contributed by atoms with van der Waals surface area (Å²) in [5, 5.41) is 4.57. The van der Waals surface area contributed by atoms with E-state index in [2.05, 4.69) is 31.3 Å². The molecule has 0 saturated heterocycles. The molecule has 1 heterocycles. The maximum Gasteiger partial charge on any atom is 0.325 e. The van der Waals surface area contributed by atoms with Gasteiger partial charge in [0.25, 0.3) is 0 Å². The summed E-state index contributed by atoms with van der Waals surface area (Å²) in [6.45, 7) is 7.54. The van der Waals surface area contributed by atoms with E-state index in [1.165, 1.54) is 5.56 Å². The Balaban J connectivity index is 2.28.